The Balaban J connectivity index is 1.13. The van der Waals surface area contributed by atoms with Gasteiger partial charge in [-0.3, -0.25) is 9.69 Å². The van der Waals surface area contributed by atoms with Gasteiger partial charge in [-0.15, -0.1) is 0 Å². The lowest BCUT2D eigenvalue weighted by atomic mass is 9.98. The van der Waals surface area contributed by atoms with Crippen molar-refractivity contribution in [2.45, 2.75) is 63.0 Å². The Bertz CT molecular complexity index is 1510. The fourth-order valence-corrected chi connectivity index (χ4v) is 7.56. The number of para-hydroxylation sites is 1. The molecule has 1 unspecified atom stereocenters. The lowest BCUT2D eigenvalue weighted by molar-refractivity contribution is -0.137. The molecular formula is C33H42ClF3N8O3. The number of nitrogens with one attached hydrogen (secondary N) is 3. The van der Waals surface area contributed by atoms with Crippen LogP contribution < -0.4 is 21.7 Å². The van der Waals surface area contributed by atoms with Gasteiger partial charge < -0.3 is 36.4 Å². The third-order valence-electron chi connectivity index (χ3n) is 10.0. The highest BCUT2D eigenvalue weighted by Gasteiger charge is 2.37. The molecule has 0 saturated carbocycles. The monoisotopic (exact) mass is 690 g/mol. The Morgan fingerprint density at radius 2 is 1.60 bits per heavy atom. The number of benzene rings is 2. The summed E-state index contributed by atoms with van der Waals surface area (Å²) in [5.74, 6) is -0.345. The van der Waals surface area contributed by atoms with Crippen LogP contribution in [0.3, 0.4) is 0 Å². The fraction of sp³-hybridized carbons (Fsp3) is 0.545. The van der Waals surface area contributed by atoms with Crippen molar-refractivity contribution >= 4 is 40.9 Å². The number of anilines is 2. The van der Waals surface area contributed by atoms with E-state index in [2.05, 4.69) is 20.9 Å². The molecular weight excluding hydrogens is 649 g/mol. The predicted octanol–water partition coefficient (Wildman–Crippen LogP) is 3.97. The number of carbonyl (C=O) groups excluding carboxylic acids is 3. The number of hydrogen-bond donors (Lipinski definition) is 4. The van der Waals surface area contributed by atoms with Gasteiger partial charge in [0.05, 0.1) is 16.3 Å². The Labute approximate surface area is 282 Å². The third kappa shape index (κ3) is 7.60. The normalized spacial score (nSPS) is 20.7. The molecule has 1 atom stereocenters. The van der Waals surface area contributed by atoms with Crippen LogP contribution in [0.1, 0.15) is 42.4 Å². The average molecular weight is 691 g/mol. The molecule has 3 fully saturated rings. The second-order valence-electron chi connectivity index (χ2n) is 13.0. The first-order chi connectivity index (χ1) is 23.0. The maximum absolute atomic E-state index is 14.0. The minimum Gasteiger partial charge on any atom is -0.397 e. The molecule has 3 saturated heterocycles. The lowest BCUT2D eigenvalue weighted by Gasteiger charge is -2.42. The Hall–Kier alpha value is -3.75. The van der Waals surface area contributed by atoms with Crippen molar-refractivity contribution in [1.29, 1.82) is 0 Å². The molecule has 4 aliphatic rings. The molecule has 0 aromatic heterocycles. The van der Waals surface area contributed by atoms with E-state index in [-0.39, 0.29) is 35.0 Å². The van der Waals surface area contributed by atoms with Crippen molar-refractivity contribution in [2.75, 3.05) is 63.4 Å². The van der Waals surface area contributed by atoms with Gasteiger partial charge in [0.2, 0.25) is 5.91 Å². The van der Waals surface area contributed by atoms with Crippen molar-refractivity contribution in [2.24, 2.45) is 0 Å². The van der Waals surface area contributed by atoms with Crippen LogP contribution in [-0.4, -0.2) is 108 Å². The van der Waals surface area contributed by atoms with Crippen LogP contribution in [0.15, 0.2) is 36.4 Å². The fourth-order valence-electron chi connectivity index (χ4n) is 7.32. The molecule has 48 heavy (non-hydrogen) atoms. The van der Waals surface area contributed by atoms with E-state index < -0.39 is 29.5 Å². The molecule has 0 radical (unpaired) electrons. The Morgan fingerprint density at radius 1 is 0.958 bits per heavy atom. The van der Waals surface area contributed by atoms with E-state index in [9.17, 15) is 27.6 Å². The molecule has 4 heterocycles. The number of piperidine rings is 2. The minimum absolute atomic E-state index is 0.0745. The van der Waals surface area contributed by atoms with E-state index in [1.165, 1.54) is 6.07 Å². The summed E-state index contributed by atoms with van der Waals surface area (Å²) < 4.78 is 41.3. The number of halogens is 4. The quantitative estimate of drug-likeness (QED) is 0.340. The first kappa shape index (κ1) is 34.1. The number of fused-ring (bicyclic) bond motifs is 1. The van der Waals surface area contributed by atoms with Crippen LogP contribution >= 0.6 is 11.6 Å². The van der Waals surface area contributed by atoms with E-state index in [0.29, 0.717) is 51.6 Å². The summed E-state index contributed by atoms with van der Waals surface area (Å²) in [6.45, 7) is 5.90. The largest absolute Gasteiger partial charge is 0.418 e. The molecule has 5 amide bonds. The highest BCUT2D eigenvalue weighted by molar-refractivity contribution is 6.33. The van der Waals surface area contributed by atoms with E-state index in [1.807, 2.05) is 24.3 Å². The molecule has 4 aliphatic heterocycles. The van der Waals surface area contributed by atoms with Crippen molar-refractivity contribution in [3.05, 3.63) is 58.1 Å². The maximum atomic E-state index is 14.0. The highest BCUT2D eigenvalue weighted by atomic mass is 35.5. The second-order valence-corrected chi connectivity index (χ2v) is 13.4. The molecule has 0 aliphatic carbocycles. The van der Waals surface area contributed by atoms with Gasteiger partial charge in [-0.2, -0.15) is 13.2 Å². The first-order valence-electron chi connectivity index (χ1n) is 16.6. The zero-order chi connectivity index (χ0) is 34.0. The number of nitrogens with zero attached hydrogens (tertiary/aromatic N) is 4. The summed E-state index contributed by atoms with van der Waals surface area (Å²) in [5, 5.41) is 8.87. The van der Waals surface area contributed by atoms with E-state index in [0.717, 1.165) is 56.3 Å². The van der Waals surface area contributed by atoms with Gasteiger partial charge >= 0.3 is 18.2 Å². The number of nitrogen functional groups attached to an aromatic ring is 1. The standard InChI is InChI=1S/C33H42ClF3N8O3/c34-26-18-21(17-25(29(26)38)33(35,36)37)19-28(30(46)43-11-5-23(6-12-43)42-15-9-39-10-16-42)41-31(47)44-13-7-24(8-14-44)45-20-22-3-1-2-4-27(22)40-32(45)48/h1-4,17-18,23-24,28,39H,5-16,19-20,38H2,(H,40,48)(H,41,47). The number of hydrogen-bond acceptors (Lipinski definition) is 6. The first-order valence-corrected chi connectivity index (χ1v) is 17.0. The van der Waals surface area contributed by atoms with Gasteiger partial charge in [0.15, 0.2) is 0 Å². The van der Waals surface area contributed by atoms with Crippen molar-refractivity contribution in [3.63, 3.8) is 0 Å². The smallest absolute Gasteiger partial charge is 0.397 e. The number of amides is 5. The number of carbonyl (C=O) groups is 3. The maximum Gasteiger partial charge on any atom is 0.418 e. The third-order valence-corrected chi connectivity index (χ3v) is 10.3. The van der Waals surface area contributed by atoms with Crippen LogP contribution in [0.2, 0.25) is 5.02 Å². The molecule has 5 N–H and O–H groups in total. The van der Waals surface area contributed by atoms with Gasteiger partial charge in [0.1, 0.15) is 6.04 Å². The molecule has 15 heteroatoms. The van der Waals surface area contributed by atoms with Gasteiger partial charge in [-0.25, -0.2) is 9.59 Å². The van der Waals surface area contributed by atoms with E-state index in [1.54, 1.807) is 14.7 Å². The zero-order valence-electron chi connectivity index (χ0n) is 26.7. The van der Waals surface area contributed by atoms with Gasteiger partial charge in [-0.05, 0) is 55.0 Å². The number of nitrogens with two attached hydrogens (primary N) is 1. The average Bonchev–Trinajstić information content (AvgIpc) is 3.09. The van der Waals surface area contributed by atoms with Crippen molar-refractivity contribution < 1.29 is 27.6 Å². The van der Waals surface area contributed by atoms with Crippen LogP contribution in [0.5, 0.6) is 0 Å². The molecule has 11 nitrogen and oxygen atoms in total. The number of piperazine rings is 1. The second kappa shape index (κ2) is 14.4. The number of rotatable bonds is 6. The summed E-state index contributed by atoms with van der Waals surface area (Å²) in [5.41, 5.74) is 5.96. The van der Waals surface area contributed by atoms with Crippen LogP contribution in [0, 0.1) is 0 Å². The zero-order valence-corrected chi connectivity index (χ0v) is 27.5. The minimum atomic E-state index is -4.74. The van der Waals surface area contributed by atoms with Crippen LogP contribution in [-0.2, 0) is 23.9 Å². The van der Waals surface area contributed by atoms with Crippen molar-refractivity contribution in [3.8, 4) is 0 Å². The predicted molar refractivity (Wildman–Crippen MR) is 177 cm³/mol. The molecule has 0 bridgehead atoms. The van der Waals surface area contributed by atoms with Crippen LogP contribution in [0.25, 0.3) is 0 Å². The van der Waals surface area contributed by atoms with E-state index in [4.69, 9.17) is 17.3 Å². The number of urea groups is 2. The molecule has 0 spiro atoms. The molecule has 260 valence electrons. The summed E-state index contributed by atoms with van der Waals surface area (Å²) in [4.78, 5) is 48.0. The summed E-state index contributed by atoms with van der Waals surface area (Å²) in [7, 11) is 0. The highest BCUT2D eigenvalue weighted by Crippen LogP contribution is 2.38. The lowest BCUT2D eigenvalue weighted by Crippen LogP contribution is -2.58. The van der Waals surface area contributed by atoms with Crippen molar-refractivity contribution in [1.82, 2.24) is 30.2 Å². The van der Waals surface area contributed by atoms with E-state index >= 15 is 0 Å². The Morgan fingerprint density at radius 3 is 2.29 bits per heavy atom. The SMILES string of the molecule is Nc1c(Cl)cc(CC(NC(=O)N2CCC(N3Cc4ccccc4NC3=O)CC2)C(=O)N2CCC(N3CCNCC3)CC2)cc1C(F)(F)F. The van der Waals surface area contributed by atoms with Crippen LogP contribution in [0.4, 0.5) is 34.1 Å². The molecule has 6 rings (SSSR count). The summed E-state index contributed by atoms with van der Waals surface area (Å²) in [6, 6.07) is 8.37. The number of likely N-dealkylation sites (tertiary alicyclic amines) is 2. The molecule has 2 aromatic carbocycles. The topological polar surface area (TPSA) is 126 Å². The molecule has 2 aromatic rings. The Kier molecular flexibility index (Phi) is 10.2. The summed E-state index contributed by atoms with van der Waals surface area (Å²) >= 11 is 6.11. The van der Waals surface area contributed by atoms with Gasteiger partial charge in [0.25, 0.3) is 0 Å². The number of alkyl halides is 3. The van der Waals surface area contributed by atoms with Gasteiger partial charge in [0, 0.05) is 83.1 Å². The van der Waals surface area contributed by atoms with Gasteiger partial charge in [-0.1, -0.05) is 29.8 Å². The summed E-state index contributed by atoms with van der Waals surface area (Å²) in [6.07, 6.45) is -2.28.